The summed E-state index contributed by atoms with van der Waals surface area (Å²) in [5.74, 6) is 0.0804. The van der Waals surface area contributed by atoms with Crippen LogP contribution >= 0.6 is 0 Å². The van der Waals surface area contributed by atoms with Gasteiger partial charge in [0.15, 0.2) is 0 Å². The summed E-state index contributed by atoms with van der Waals surface area (Å²) in [6.07, 6.45) is 8.50. The molecule has 1 amide bonds. The molecule has 0 aliphatic carbocycles. The van der Waals surface area contributed by atoms with Gasteiger partial charge in [-0.05, 0) is 76.0 Å². The van der Waals surface area contributed by atoms with Gasteiger partial charge in [-0.3, -0.25) is 4.79 Å². The summed E-state index contributed by atoms with van der Waals surface area (Å²) in [5.41, 5.74) is 4.29. The number of aryl methyl sites for hydroxylation is 2. The summed E-state index contributed by atoms with van der Waals surface area (Å²) < 4.78 is 5.62. The maximum atomic E-state index is 12.2. The summed E-state index contributed by atoms with van der Waals surface area (Å²) in [7, 11) is 0. The summed E-state index contributed by atoms with van der Waals surface area (Å²) in [6, 6.07) is 4.17. The number of nitrogens with one attached hydrogen (secondary N) is 1. The molecule has 1 aromatic carbocycles. The van der Waals surface area contributed by atoms with Crippen LogP contribution in [0.15, 0.2) is 22.8 Å². The molecule has 3 rings (SSSR count). The molecule has 1 aliphatic rings. The van der Waals surface area contributed by atoms with Gasteiger partial charge in [-0.2, -0.15) is 0 Å². The van der Waals surface area contributed by atoms with E-state index in [-0.39, 0.29) is 5.91 Å². The lowest BCUT2D eigenvalue weighted by Crippen LogP contribution is -2.31. The smallest absolute Gasteiger partial charge is 0.224 e. The summed E-state index contributed by atoms with van der Waals surface area (Å²) in [6.45, 7) is 8.44. The summed E-state index contributed by atoms with van der Waals surface area (Å²) in [4.78, 5) is 14.8. The van der Waals surface area contributed by atoms with Gasteiger partial charge in [0.1, 0.15) is 5.58 Å². The average Bonchev–Trinajstić information content (AvgIpc) is 2.81. The van der Waals surface area contributed by atoms with Crippen LogP contribution in [0.1, 0.15) is 48.8 Å². The number of rotatable bonds is 6. The zero-order valence-corrected chi connectivity index (χ0v) is 15.6. The van der Waals surface area contributed by atoms with E-state index >= 15 is 0 Å². The maximum Gasteiger partial charge on any atom is 0.224 e. The van der Waals surface area contributed by atoms with Crippen LogP contribution in [0, 0.1) is 13.8 Å². The summed E-state index contributed by atoms with van der Waals surface area (Å²) >= 11 is 0. The van der Waals surface area contributed by atoms with E-state index < -0.39 is 0 Å². The number of hydrogen-bond donors (Lipinski definition) is 1. The molecule has 2 aromatic rings. The van der Waals surface area contributed by atoms with Crippen molar-refractivity contribution in [1.29, 1.82) is 0 Å². The van der Waals surface area contributed by atoms with Crippen molar-refractivity contribution in [2.45, 2.75) is 52.4 Å². The van der Waals surface area contributed by atoms with E-state index in [0.717, 1.165) is 36.0 Å². The molecule has 1 aromatic heterocycles. The molecule has 25 heavy (non-hydrogen) atoms. The highest BCUT2D eigenvalue weighted by molar-refractivity contribution is 5.88. The van der Waals surface area contributed by atoms with E-state index in [1.165, 1.54) is 49.9 Å². The van der Waals surface area contributed by atoms with Crippen LogP contribution in [0.3, 0.4) is 0 Å². The molecule has 136 valence electrons. The fourth-order valence-corrected chi connectivity index (χ4v) is 3.60. The van der Waals surface area contributed by atoms with Crippen molar-refractivity contribution >= 4 is 16.9 Å². The fraction of sp³-hybridized carbons (Fsp3) is 0.571. The first-order valence-corrected chi connectivity index (χ1v) is 9.60. The molecule has 4 heteroatoms. The number of fused-ring (bicyclic) bond motifs is 1. The number of likely N-dealkylation sites (tertiary alicyclic amines) is 1. The first-order valence-electron chi connectivity index (χ1n) is 9.60. The predicted octanol–water partition coefficient (Wildman–Crippen LogP) is 3.97. The molecule has 1 aliphatic heterocycles. The van der Waals surface area contributed by atoms with Crippen LogP contribution in [0.25, 0.3) is 11.0 Å². The van der Waals surface area contributed by atoms with Crippen molar-refractivity contribution < 1.29 is 9.21 Å². The van der Waals surface area contributed by atoms with Crippen molar-refractivity contribution in [2.75, 3.05) is 26.2 Å². The van der Waals surface area contributed by atoms with Crippen LogP contribution in [0.5, 0.6) is 0 Å². The number of carbonyl (C=O) groups excluding carboxylic acids is 1. The standard InChI is InChI=1S/C21H30N2O2/c1-16-12-19-18(15-25-20(19)13-17(16)2)14-21(24)22-8-7-11-23-9-5-3-4-6-10-23/h12-13,15H,3-11,14H2,1-2H3,(H,22,24). The lowest BCUT2D eigenvalue weighted by Gasteiger charge is -2.19. The van der Waals surface area contributed by atoms with Gasteiger partial charge in [0.05, 0.1) is 12.7 Å². The van der Waals surface area contributed by atoms with Crippen molar-refractivity contribution in [3.05, 3.63) is 35.1 Å². The molecular formula is C21H30N2O2. The number of hydrogen-bond acceptors (Lipinski definition) is 3. The van der Waals surface area contributed by atoms with Gasteiger partial charge in [-0.1, -0.05) is 12.8 Å². The third-order valence-electron chi connectivity index (χ3n) is 5.29. The van der Waals surface area contributed by atoms with Gasteiger partial charge in [0.2, 0.25) is 5.91 Å². The largest absolute Gasteiger partial charge is 0.464 e. The second-order valence-corrected chi connectivity index (χ2v) is 7.33. The van der Waals surface area contributed by atoms with Crippen molar-refractivity contribution in [2.24, 2.45) is 0 Å². The lowest BCUT2D eigenvalue weighted by atomic mass is 10.0. The molecule has 4 nitrogen and oxygen atoms in total. The third-order valence-corrected chi connectivity index (χ3v) is 5.29. The molecule has 0 saturated carbocycles. The zero-order valence-electron chi connectivity index (χ0n) is 15.6. The lowest BCUT2D eigenvalue weighted by molar-refractivity contribution is -0.120. The number of benzene rings is 1. The fourth-order valence-electron chi connectivity index (χ4n) is 3.60. The SMILES string of the molecule is Cc1cc2occ(CC(=O)NCCCN3CCCCCC3)c2cc1C. The Morgan fingerprint density at radius 1 is 1.12 bits per heavy atom. The van der Waals surface area contributed by atoms with Gasteiger partial charge < -0.3 is 14.6 Å². The summed E-state index contributed by atoms with van der Waals surface area (Å²) in [5, 5.41) is 4.12. The van der Waals surface area contributed by atoms with Crippen molar-refractivity contribution in [1.82, 2.24) is 10.2 Å². The Bertz CT molecular complexity index is 712. The van der Waals surface area contributed by atoms with Crippen molar-refractivity contribution in [3.8, 4) is 0 Å². The van der Waals surface area contributed by atoms with Crippen LogP contribution in [-0.2, 0) is 11.2 Å². The van der Waals surface area contributed by atoms with E-state index in [1.807, 2.05) is 6.07 Å². The monoisotopic (exact) mass is 342 g/mol. The molecule has 1 saturated heterocycles. The quantitative estimate of drug-likeness (QED) is 0.808. The molecule has 0 unspecified atom stereocenters. The van der Waals surface area contributed by atoms with E-state index in [9.17, 15) is 4.79 Å². The first kappa shape index (κ1) is 18.0. The van der Waals surface area contributed by atoms with Gasteiger partial charge in [-0.25, -0.2) is 0 Å². The molecule has 2 heterocycles. The van der Waals surface area contributed by atoms with Crippen LogP contribution in [0.2, 0.25) is 0 Å². The normalized spacial score (nSPS) is 16.1. The second-order valence-electron chi connectivity index (χ2n) is 7.33. The minimum atomic E-state index is 0.0804. The third kappa shape index (κ3) is 4.85. The maximum absolute atomic E-state index is 12.2. The Morgan fingerprint density at radius 2 is 1.84 bits per heavy atom. The molecule has 0 spiro atoms. The van der Waals surface area contributed by atoms with Crippen LogP contribution in [-0.4, -0.2) is 37.0 Å². The van der Waals surface area contributed by atoms with Gasteiger partial charge in [0.25, 0.3) is 0 Å². The highest BCUT2D eigenvalue weighted by Crippen LogP contribution is 2.25. The first-order chi connectivity index (χ1) is 12.1. The Morgan fingerprint density at radius 3 is 2.60 bits per heavy atom. The minimum absolute atomic E-state index is 0.0804. The topological polar surface area (TPSA) is 45.5 Å². The van der Waals surface area contributed by atoms with Crippen LogP contribution < -0.4 is 5.32 Å². The minimum Gasteiger partial charge on any atom is -0.464 e. The Kier molecular flexibility index (Phi) is 6.14. The highest BCUT2D eigenvalue weighted by Gasteiger charge is 2.12. The Labute approximate surface area is 150 Å². The molecule has 1 fully saturated rings. The average molecular weight is 342 g/mol. The van der Waals surface area contributed by atoms with Gasteiger partial charge >= 0.3 is 0 Å². The number of amides is 1. The Balaban J connectivity index is 1.45. The second kappa shape index (κ2) is 8.52. The van der Waals surface area contributed by atoms with Gasteiger partial charge in [0, 0.05) is 17.5 Å². The Hall–Kier alpha value is -1.81. The van der Waals surface area contributed by atoms with Crippen molar-refractivity contribution in [3.63, 3.8) is 0 Å². The number of nitrogens with zero attached hydrogens (tertiary/aromatic N) is 1. The highest BCUT2D eigenvalue weighted by atomic mass is 16.3. The zero-order chi connectivity index (χ0) is 17.6. The van der Waals surface area contributed by atoms with E-state index in [0.29, 0.717) is 6.42 Å². The van der Waals surface area contributed by atoms with E-state index in [2.05, 4.69) is 30.1 Å². The van der Waals surface area contributed by atoms with Gasteiger partial charge in [-0.15, -0.1) is 0 Å². The van der Waals surface area contributed by atoms with E-state index in [4.69, 9.17) is 4.42 Å². The predicted molar refractivity (Wildman–Crippen MR) is 102 cm³/mol. The molecular weight excluding hydrogens is 312 g/mol. The number of carbonyl (C=O) groups is 1. The molecule has 1 N–H and O–H groups in total. The molecule has 0 bridgehead atoms. The van der Waals surface area contributed by atoms with Crippen LogP contribution in [0.4, 0.5) is 0 Å². The number of furan rings is 1. The molecule has 0 atom stereocenters. The molecule has 0 radical (unpaired) electrons. The van der Waals surface area contributed by atoms with E-state index in [1.54, 1.807) is 6.26 Å².